The molecule has 1 amide bonds. The molecule has 4 nitrogen and oxygen atoms in total. The van der Waals surface area contributed by atoms with Gasteiger partial charge >= 0.3 is 0 Å². The molecule has 0 aliphatic carbocycles. The van der Waals surface area contributed by atoms with E-state index in [1.807, 2.05) is 23.4 Å². The van der Waals surface area contributed by atoms with Crippen LogP contribution in [0.5, 0.6) is 0 Å². The molecule has 1 aromatic carbocycles. The number of nitrogens with zero attached hydrogens (tertiary/aromatic N) is 2. The van der Waals surface area contributed by atoms with Crippen LogP contribution in [0.3, 0.4) is 0 Å². The highest BCUT2D eigenvalue weighted by Gasteiger charge is 2.36. The molecule has 0 radical (unpaired) electrons. The molecule has 4 rings (SSSR count). The Bertz CT molecular complexity index is 718. The molecule has 5 heteroatoms. The van der Waals surface area contributed by atoms with Crippen molar-refractivity contribution in [1.82, 2.24) is 15.2 Å². The minimum absolute atomic E-state index is 0.197. The van der Waals surface area contributed by atoms with E-state index in [1.165, 1.54) is 18.4 Å². The Morgan fingerprint density at radius 3 is 2.68 bits per heavy atom. The van der Waals surface area contributed by atoms with Gasteiger partial charge in [0.15, 0.2) is 0 Å². The maximum Gasteiger partial charge on any atom is 0.228 e. The molecule has 25 heavy (non-hydrogen) atoms. The van der Waals surface area contributed by atoms with Gasteiger partial charge in [-0.25, -0.2) is 4.98 Å². The molecular formula is C20H25N3OS. The highest BCUT2D eigenvalue weighted by Crippen LogP contribution is 2.29. The van der Waals surface area contributed by atoms with Gasteiger partial charge in [-0.05, 0) is 31.2 Å². The number of amides is 1. The fraction of sp³-hybridized carbons (Fsp3) is 0.500. The Kier molecular flexibility index (Phi) is 4.86. The third kappa shape index (κ3) is 3.93. The molecule has 3 heterocycles. The average molecular weight is 356 g/mol. The lowest BCUT2D eigenvalue weighted by molar-refractivity contribution is -0.132. The third-order valence-corrected chi connectivity index (χ3v) is 6.42. The molecule has 0 spiro atoms. The van der Waals surface area contributed by atoms with Gasteiger partial charge in [0.25, 0.3) is 0 Å². The van der Waals surface area contributed by atoms with Crippen LogP contribution in [0.15, 0.2) is 35.7 Å². The van der Waals surface area contributed by atoms with E-state index < -0.39 is 0 Å². The van der Waals surface area contributed by atoms with Crippen LogP contribution in [-0.2, 0) is 17.6 Å². The van der Waals surface area contributed by atoms with Crippen molar-refractivity contribution < 1.29 is 4.79 Å². The summed E-state index contributed by atoms with van der Waals surface area (Å²) in [5.41, 5.74) is 2.17. The van der Waals surface area contributed by atoms with Gasteiger partial charge in [-0.2, -0.15) is 0 Å². The van der Waals surface area contributed by atoms with Crippen LogP contribution in [0, 0.1) is 0 Å². The van der Waals surface area contributed by atoms with E-state index in [-0.39, 0.29) is 5.91 Å². The number of fused-ring (bicyclic) bond motifs is 2. The van der Waals surface area contributed by atoms with E-state index in [2.05, 4.69) is 34.6 Å². The first-order valence-corrected chi connectivity index (χ1v) is 10.0. The van der Waals surface area contributed by atoms with E-state index >= 15 is 0 Å². The second-order valence-electron chi connectivity index (χ2n) is 7.34. The lowest BCUT2D eigenvalue weighted by Gasteiger charge is -2.35. The second kappa shape index (κ2) is 7.26. The van der Waals surface area contributed by atoms with Crippen molar-refractivity contribution in [3.05, 3.63) is 52.0 Å². The summed E-state index contributed by atoms with van der Waals surface area (Å²) in [6.07, 6.45) is 5.97. The SMILES string of the molecule is CN(C(=O)Cc1csc(Cc2ccccc2)n1)C1CC2CCC(C1)N2. The minimum Gasteiger partial charge on any atom is -0.342 e. The molecule has 2 fully saturated rings. The maximum absolute atomic E-state index is 12.7. The van der Waals surface area contributed by atoms with Gasteiger partial charge in [-0.1, -0.05) is 30.3 Å². The zero-order valence-corrected chi connectivity index (χ0v) is 15.5. The van der Waals surface area contributed by atoms with Crippen LogP contribution in [0.4, 0.5) is 0 Å². The van der Waals surface area contributed by atoms with Crippen molar-refractivity contribution in [3.8, 4) is 0 Å². The highest BCUT2D eigenvalue weighted by molar-refractivity contribution is 7.09. The summed E-state index contributed by atoms with van der Waals surface area (Å²) in [6.45, 7) is 0. The summed E-state index contributed by atoms with van der Waals surface area (Å²) in [4.78, 5) is 19.3. The molecular weight excluding hydrogens is 330 g/mol. The predicted molar refractivity (Wildman–Crippen MR) is 101 cm³/mol. The van der Waals surface area contributed by atoms with Crippen LogP contribution in [0.25, 0.3) is 0 Å². The van der Waals surface area contributed by atoms with Crippen molar-refractivity contribution in [2.45, 2.75) is 56.7 Å². The van der Waals surface area contributed by atoms with Crippen LogP contribution in [0.1, 0.15) is 41.9 Å². The predicted octanol–water partition coefficient (Wildman–Crippen LogP) is 3.02. The number of carbonyl (C=O) groups is 1. The van der Waals surface area contributed by atoms with Gasteiger partial charge in [0.05, 0.1) is 17.1 Å². The normalized spacial score (nSPS) is 25.1. The van der Waals surface area contributed by atoms with E-state index in [9.17, 15) is 4.79 Å². The highest BCUT2D eigenvalue weighted by atomic mass is 32.1. The van der Waals surface area contributed by atoms with Gasteiger partial charge in [-0.3, -0.25) is 4.79 Å². The summed E-state index contributed by atoms with van der Waals surface area (Å²) < 4.78 is 0. The summed E-state index contributed by atoms with van der Waals surface area (Å²) in [5, 5.41) is 6.76. The van der Waals surface area contributed by atoms with Crippen LogP contribution in [0.2, 0.25) is 0 Å². The summed E-state index contributed by atoms with van der Waals surface area (Å²) in [6, 6.07) is 12.0. The standard InChI is InChI=1S/C20H25N3OS/c1-23(18-10-15-7-8-16(11-18)21-15)20(24)12-17-13-25-19(22-17)9-14-5-3-2-4-6-14/h2-6,13,15-16,18,21H,7-12H2,1H3. The first-order chi connectivity index (χ1) is 12.2. The first kappa shape index (κ1) is 16.7. The number of hydrogen-bond donors (Lipinski definition) is 1. The number of hydrogen-bond acceptors (Lipinski definition) is 4. The van der Waals surface area contributed by atoms with Crippen molar-refractivity contribution in [1.29, 1.82) is 0 Å². The van der Waals surface area contributed by atoms with Crippen molar-refractivity contribution >= 4 is 17.2 Å². The van der Waals surface area contributed by atoms with E-state index in [1.54, 1.807) is 11.3 Å². The monoisotopic (exact) mass is 355 g/mol. The maximum atomic E-state index is 12.7. The molecule has 2 aromatic rings. The van der Waals surface area contributed by atoms with Crippen molar-refractivity contribution in [2.24, 2.45) is 0 Å². The molecule has 132 valence electrons. The van der Waals surface area contributed by atoms with Gasteiger partial charge in [0.2, 0.25) is 5.91 Å². The average Bonchev–Trinajstić information content (AvgIpc) is 3.20. The van der Waals surface area contributed by atoms with Gasteiger partial charge in [0.1, 0.15) is 0 Å². The Labute approximate surface area is 153 Å². The Balaban J connectivity index is 1.34. The lowest BCUT2D eigenvalue weighted by Crippen LogP contribution is -2.49. The van der Waals surface area contributed by atoms with Gasteiger partial charge < -0.3 is 10.2 Å². The number of piperidine rings is 1. The minimum atomic E-state index is 0.197. The molecule has 0 saturated carbocycles. The number of likely N-dealkylation sites (N-methyl/N-ethyl adjacent to an activating group) is 1. The Morgan fingerprint density at radius 2 is 1.96 bits per heavy atom. The molecule has 2 aliphatic heterocycles. The van der Waals surface area contributed by atoms with Gasteiger partial charge in [0, 0.05) is 37.0 Å². The molecule has 2 saturated heterocycles. The van der Waals surface area contributed by atoms with E-state index in [0.717, 1.165) is 30.0 Å². The second-order valence-corrected chi connectivity index (χ2v) is 8.28. The molecule has 1 N–H and O–H groups in total. The van der Waals surface area contributed by atoms with Crippen LogP contribution in [-0.4, -0.2) is 41.0 Å². The summed E-state index contributed by atoms with van der Waals surface area (Å²) in [5.74, 6) is 0.197. The topological polar surface area (TPSA) is 45.2 Å². The number of nitrogens with one attached hydrogen (secondary N) is 1. The quantitative estimate of drug-likeness (QED) is 0.897. The molecule has 2 atom stereocenters. The van der Waals surface area contributed by atoms with Crippen molar-refractivity contribution in [2.75, 3.05) is 7.05 Å². The number of benzene rings is 1. The van der Waals surface area contributed by atoms with E-state index in [0.29, 0.717) is 24.5 Å². The third-order valence-electron chi connectivity index (χ3n) is 5.52. The summed E-state index contributed by atoms with van der Waals surface area (Å²) >= 11 is 1.65. The largest absolute Gasteiger partial charge is 0.342 e. The zero-order valence-electron chi connectivity index (χ0n) is 14.6. The number of carbonyl (C=O) groups excluding carboxylic acids is 1. The smallest absolute Gasteiger partial charge is 0.228 e. The number of aromatic nitrogens is 1. The van der Waals surface area contributed by atoms with Crippen LogP contribution >= 0.6 is 11.3 Å². The van der Waals surface area contributed by atoms with Gasteiger partial charge in [-0.15, -0.1) is 11.3 Å². The van der Waals surface area contributed by atoms with Crippen molar-refractivity contribution in [3.63, 3.8) is 0 Å². The lowest BCUT2D eigenvalue weighted by atomic mass is 9.98. The fourth-order valence-corrected chi connectivity index (χ4v) is 4.94. The van der Waals surface area contributed by atoms with Crippen LogP contribution < -0.4 is 5.32 Å². The molecule has 1 aromatic heterocycles. The number of thiazole rings is 1. The van der Waals surface area contributed by atoms with E-state index in [4.69, 9.17) is 0 Å². The zero-order chi connectivity index (χ0) is 17.2. The number of rotatable bonds is 5. The Hall–Kier alpha value is -1.72. The summed E-state index contributed by atoms with van der Waals surface area (Å²) in [7, 11) is 1.97. The fourth-order valence-electron chi connectivity index (χ4n) is 4.11. The first-order valence-electron chi connectivity index (χ1n) is 9.16. The molecule has 2 unspecified atom stereocenters. The Morgan fingerprint density at radius 1 is 1.24 bits per heavy atom. The molecule has 2 aliphatic rings. The molecule has 2 bridgehead atoms.